The Kier molecular flexibility index (Phi) is 9.06. The zero-order valence-corrected chi connectivity index (χ0v) is 14.1. The Balaban J connectivity index is 0.00000312. The fraction of sp³-hybridized carbons (Fsp3) is 0.222. The van der Waals surface area contributed by atoms with Crippen LogP contribution in [0.3, 0.4) is 0 Å². The van der Waals surface area contributed by atoms with Crippen molar-refractivity contribution in [2.24, 2.45) is 5.92 Å². The predicted octanol–water partition coefficient (Wildman–Crippen LogP) is 2.47. The number of benzene rings is 2. The van der Waals surface area contributed by atoms with E-state index >= 15 is 0 Å². The van der Waals surface area contributed by atoms with E-state index in [9.17, 15) is 9.59 Å². The second kappa shape index (κ2) is 10.5. The SMILES string of the molecule is COc1ccc(CC(CS)C(=O)Nc2cccc(C(=O)O)c2)cc1.[NaH]. The number of carboxylic acids is 1. The fourth-order valence-corrected chi connectivity index (χ4v) is 2.56. The summed E-state index contributed by atoms with van der Waals surface area (Å²) in [6.45, 7) is 0. The van der Waals surface area contributed by atoms with Gasteiger partial charge < -0.3 is 15.2 Å². The van der Waals surface area contributed by atoms with Gasteiger partial charge in [0.05, 0.1) is 18.6 Å². The molecule has 0 saturated heterocycles. The van der Waals surface area contributed by atoms with Crippen LogP contribution in [-0.2, 0) is 11.2 Å². The van der Waals surface area contributed by atoms with Gasteiger partial charge >= 0.3 is 35.5 Å². The minimum atomic E-state index is -1.03. The molecule has 1 amide bonds. The molecule has 0 aliphatic carbocycles. The number of rotatable bonds is 7. The topological polar surface area (TPSA) is 75.6 Å². The zero-order valence-electron chi connectivity index (χ0n) is 13.2. The molecule has 0 spiro atoms. The summed E-state index contributed by atoms with van der Waals surface area (Å²) in [4.78, 5) is 23.4. The number of methoxy groups -OCH3 is 1. The molecular formula is C18H20NNaO4S. The van der Waals surface area contributed by atoms with Crippen LogP contribution in [0.25, 0.3) is 0 Å². The van der Waals surface area contributed by atoms with Crippen molar-refractivity contribution in [1.82, 2.24) is 0 Å². The number of hydrogen-bond acceptors (Lipinski definition) is 4. The number of thiol groups is 1. The zero-order chi connectivity index (χ0) is 17.5. The van der Waals surface area contributed by atoms with E-state index in [1.807, 2.05) is 24.3 Å². The molecule has 0 fully saturated rings. The molecular weight excluding hydrogens is 349 g/mol. The van der Waals surface area contributed by atoms with Crippen LogP contribution in [0, 0.1) is 5.92 Å². The van der Waals surface area contributed by atoms with Gasteiger partial charge in [-0.25, -0.2) is 4.79 Å². The van der Waals surface area contributed by atoms with E-state index in [4.69, 9.17) is 9.84 Å². The molecule has 2 aromatic rings. The van der Waals surface area contributed by atoms with Gasteiger partial charge in [0, 0.05) is 11.4 Å². The van der Waals surface area contributed by atoms with Gasteiger partial charge in [-0.05, 0) is 42.3 Å². The van der Waals surface area contributed by atoms with Crippen LogP contribution >= 0.6 is 12.6 Å². The summed E-state index contributed by atoms with van der Waals surface area (Å²) in [6.07, 6.45) is 0.540. The third kappa shape index (κ3) is 6.40. The van der Waals surface area contributed by atoms with Crippen LogP contribution in [0.1, 0.15) is 15.9 Å². The molecule has 0 aromatic heterocycles. The van der Waals surface area contributed by atoms with Crippen LogP contribution in [0.15, 0.2) is 48.5 Å². The summed E-state index contributed by atoms with van der Waals surface area (Å²) in [7, 11) is 1.60. The van der Waals surface area contributed by atoms with Gasteiger partial charge in [0.1, 0.15) is 5.75 Å². The fourth-order valence-electron chi connectivity index (χ4n) is 2.26. The van der Waals surface area contributed by atoms with E-state index in [2.05, 4.69) is 17.9 Å². The van der Waals surface area contributed by atoms with Gasteiger partial charge in [-0.15, -0.1) is 0 Å². The van der Waals surface area contributed by atoms with E-state index in [0.717, 1.165) is 11.3 Å². The summed E-state index contributed by atoms with van der Waals surface area (Å²) >= 11 is 4.26. The molecule has 25 heavy (non-hydrogen) atoms. The third-order valence-corrected chi connectivity index (χ3v) is 4.05. The van der Waals surface area contributed by atoms with Crippen molar-refractivity contribution in [3.8, 4) is 5.75 Å². The summed E-state index contributed by atoms with van der Waals surface area (Å²) in [5.41, 5.74) is 1.59. The first-order valence-corrected chi connectivity index (χ1v) is 8.04. The van der Waals surface area contributed by atoms with E-state index < -0.39 is 5.97 Å². The monoisotopic (exact) mass is 369 g/mol. The van der Waals surface area contributed by atoms with Crippen LogP contribution in [0.4, 0.5) is 5.69 Å². The summed E-state index contributed by atoms with van der Waals surface area (Å²) in [6, 6.07) is 13.7. The predicted molar refractivity (Wildman–Crippen MR) is 103 cm³/mol. The van der Waals surface area contributed by atoms with Crippen molar-refractivity contribution in [3.05, 3.63) is 59.7 Å². The number of anilines is 1. The van der Waals surface area contributed by atoms with Crippen LogP contribution in [-0.4, -0.2) is 59.4 Å². The average Bonchev–Trinajstić information content (AvgIpc) is 2.60. The van der Waals surface area contributed by atoms with Gasteiger partial charge in [-0.2, -0.15) is 12.6 Å². The average molecular weight is 369 g/mol. The Morgan fingerprint density at radius 3 is 2.44 bits per heavy atom. The van der Waals surface area contributed by atoms with E-state index in [-0.39, 0.29) is 46.9 Å². The molecule has 5 nitrogen and oxygen atoms in total. The first kappa shape index (κ1) is 21.6. The van der Waals surface area contributed by atoms with Crippen LogP contribution in [0.2, 0.25) is 0 Å². The van der Waals surface area contributed by atoms with Gasteiger partial charge in [0.2, 0.25) is 5.91 Å². The second-order valence-corrected chi connectivity index (χ2v) is 5.67. The summed E-state index contributed by atoms with van der Waals surface area (Å²) in [5.74, 6) is -0.402. The van der Waals surface area contributed by atoms with Gasteiger partial charge in [-0.1, -0.05) is 18.2 Å². The quantitative estimate of drug-likeness (QED) is 0.518. The molecule has 2 N–H and O–H groups in total. The first-order valence-electron chi connectivity index (χ1n) is 7.41. The third-order valence-electron chi connectivity index (χ3n) is 3.61. The number of amides is 1. The van der Waals surface area contributed by atoms with Crippen molar-refractivity contribution in [2.45, 2.75) is 6.42 Å². The molecule has 0 bridgehead atoms. The number of carbonyl (C=O) groups is 2. The molecule has 0 aliphatic rings. The molecule has 7 heteroatoms. The van der Waals surface area contributed by atoms with E-state index in [1.165, 1.54) is 12.1 Å². The normalized spacial score (nSPS) is 11.1. The Morgan fingerprint density at radius 1 is 1.20 bits per heavy atom. The van der Waals surface area contributed by atoms with Gasteiger partial charge in [0.15, 0.2) is 0 Å². The molecule has 2 aromatic carbocycles. The molecule has 0 radical (unpaired) electrons. The number of hydrogen-bond donors (Lipinski definition) is 3. The Bertz CT molecular complexity index is 721. The summed E-state index contributed by atoms with van der Waals surface area (Å²) < 4.78 is 5.12. The van der Waals surface area contributed by atoms with Crippen molar-refractivity contribution in [2.75, 3.05) is 18.2 Å². The Morgan fingerprint density at radius 2 is 1.88 bits per heavy atom. The number of carboxylic acid groups (broad SMARTS) is 1. The van der Waals surface area contributed by atoms with Crippen molar-refractivity contribution >= 4 is 59.7 Å². The van der Waals surface area contributed by atoms with Crippen molar-refractivity contribution in [1.29, 1.82) is 0 Å². The van der Waals surface area contributed by atoms with E-state index in [1.54, 1.807) is 19.2 Å². The molecule has 1 atom stereocenters. The molecule has 0 saturated carbocycles. The first-order chi connectivity index (χ1) is 11.5. The van der Waals surface area contributed by atoms with Gasteiger partial charge in [-0.3, -0.25) is 4.79 Å². The second-order valence-electron chi connectivity index (χ2n) is 5.31. The number of carbonyl (C=O) groups excluding carboxylic acids is 1. The standard InChI is InChI=1S/C18H19NO4S.Na.H/c1-23-16-7-5-12(6-8-16)9-14(11-24)17(20)19-15-4-2-3-13(10-15)18(21)22;;/h2-8,10,14,24H,9,11H2,1H3,(H,19,20)(H,21,22);;. The van der Waals surface area contributed by atoms with Crippen molar-refractivity contribution in [3.63, 3.8) is 0 Å². The molecule has 1 unspecified atom stereocenters. The molecule has 2 rings (SSSR count). The number of aromatic carboxylic acids is 1. The van der Waals surface area contributed by atoms with E-state index in [0.29, 0.717) is 17.9 Å². The Labute approximate surface area is 174 Å². The summed E-state index contributed by atoms with van der Waals surface area (Å²) in [5, 5.41) is 11.8. The number of ether oxygens (including phenoxy) is 1. The van der Waals surface area contributed by atoms with Gasteiger partial charge in [0.25, 0.3) is 0 Å². The minimum absolute atomic E-state index is 0. The molecule has 0 aliphatic heterocycles. The Hall–Kier alpha value is -1.47. The van der Waals surface area contributed by atoms with Crippen LogP contribution < -0.4 is 10.1 Å². The number of nitrogens with one attached hydrogen (secondary N) is 1. The molecule has 0 heterocycles. The van der Waals surface area contributed by atoms with Crippen LogP contribution in [0.5, 0.6) is 5.75 Å². The maximum absolute atomic E-state index is 12.4. The molecule has 128 valence electrons. The maximum atomic E-state index is 12.4. The van der Waals surface area contributed by atoms with Crippen molar-refractivity contribution < 1.29 is 19.4 Å².